The van der Waals surface area contributed by atoms with Crippen LogP contribution in [0.4, 0.5) is 0 Å². The van der Waals surface area contributed by atoms with Gasteiger partial charge >= 0.3 is 11.9 Å². The van der Waals surface area contributed by atoms with Crippen LogP contribution >= 0.6 is 0 Å². The summed E-state index contributed by atoms with van der Waals surface area (Å²) in [6.07, 6.45) is 5.71. The normalized spacial score (nSPS) is 24.3. The molecule has 1 unspecified atom stereocenters. The number of hydrogen-bond acceptors (Lipinski definition) is 5. The second-order valence-corrected chi connectivity index (χ2v) is 6.24. The topological polar surface area (TPSA) is 87.2 Å². The van der Waals surface area contributed by atoms with E-state index >= 15 is 0 Å². The van der Waals surface area contributed by atoms with E-state index in [-0.39, 0.29) is 25.5 Å². The van der Waals surface area contributed by atoms with Crippen molar-refractivity contribution in [2.24, 2.45) is 5.92 Å². The van der Waals surface area contributed by atoms with Crippen LogP contribution in [0.3, 0.4) is 0 Å². The van der Waals surface area contributed by atoms with Crippen LogP contribution < -0.4 is 0 Å². The van der Waals surface area contributed by atoms with Gasteiger partial charge in [-0.1, -0.05) is 19.3 Å². The first-order chi connectivity index (χ1) is 10.5. The number of carbonyl (C=O) groups is 3. The van der Waals surface area contributed by atoms with Gasteiger partial charge in [0.2, 0.25) is 5.91 Å². The van der Waals surface area contributed by atoms with Crippen LogP contribution in [0.1, 0.15) is 38.5 Å². The molecule has 2 aliphatic rings. The van der Waals surface area contributed by atoms with E-state index in [1.54, 1.807) is 11.9 Å². The highest BCUT2D eigenvalue weighted by atomic mass is 16.5. The van der Waals surface area contributed by atoms with Crippen LogP contribution in [-0.4, -0.2) is 65.7 Å². The molecule has 0 spiro atoms. The number of hydrogen-bond donors (Lipinski definition) is 1. The minimum absolute atomic E-state index is 0.109. The van der Waals surface area contributed by atoms with Crippen molar-refractivity contribution < 1.29 is 24.2 Å². The Labute approximate surface area is 130 Å². The summed E-state index contributed by atoms with van der Waals surface area (Å²) in [6.45, 7) is 0.449. The molecule has 22 heavy (non-hydrogen) atoms. The predicted octanol–water partition coefficient (Wildman–Crippen LogP) is 0.685. The lowest BCUT2D eigenvalue weighted by molar-refractivity contribution is -0.159. The van der Waals surface area contributed by atoms with Gasteiger partial charge in [0.1, 0.15) is 12.6 Å². The third-order valence-corrected chi connectivity index (χ3v) is 4.46. The van der Waals surface area contributed by atoms with Crippen LogP contribution in [-0.2, 0) is 19.1 Å². The molecule has 1 atom stereocenters. The number of aliphatic carboxylic acids is 1. The average Bonchev–Trinajstić information content (AvgIpc) is 2.49. The second kappa shape index (κ2) is 7.58. The number of rotatable bonds is 5. The van der Waals surface area contributed by atoms with Gasteiger partial charge in [-0.2, -0.15) is 0 Å². The van der Waals surface area contributed by atoms with E-state index in [1.807, 2.05) is 0 Å². The summed E-state index contributed by atoms with van der Waals surface area (Å²) in [5, 5.41) is 9.02. The molecule has 1 heterocycles. The van der Waals surface area contributed by atoms with Gasteiger partial charge in [0.05, 0.1) is 19.7 Å². The van der Waals surface area contributed by atoms with Crippen molar-refractivity contribution in [2.45, 2.75) is 44.6 Å². The lowest BCUT2D eigenvalue weighted by atomic mass is 9.90. The zero-order valence-corrected chi connectivity index (χ0v) is 13.0. The summed E-state index contributed by atoms with van der Waals surface area (Å²) < 4.78 is 5.27. The van der Waals surface area contributed by atoms with Crippen molar-refractivity contribution in [3.63, 3.8) is 0 Å². The monoisotopic (exact) mass is 312 g/mol. The molecule has 0 radical (unpaired) electrons. The lowest BCUT2D eigenvalue weighted by Gasteiger charge is -2.36. The van der Waals surface area contributed by atoms with E-state index in [2.05, 4.69) is 0 Å². The zero-order chi connectivity index (χ0) is 16.1. The maximum Gasteiger partial charge on any atom is 0.325 e. The first-order valence-electron chi connectivity index (χ1n) is 7.84. The first kappa shape index (κ1) is 16.7. The van der Waals surface area contributed by atoms with Crippen molar-refractivity contribution in [2.75, 3.05) is 26.9 Å². The Morgan fingerprint density at radius 2 is 1.95 bits per heavy atom. The summed E-state index contributed by atoms with van der Waals surface area (Å²) in [4.78, 5) is 37.7. The highest BCUT2D eigenvalue weighted by molar-refractivity contribution is 5.87. The van der Waals surface area contributed by atoms with E-state index in [0.717, 1.165) is 12.8 Å². The molecule has 1 aliphatic heterocycles. The molecule has 1 aliphatic carbocycles. The van der Waals surface area contributed by atoms with E-state index in [1.165, 1.54) is 24.2 Å². The third-order valence-electron chi connectivity index (χ3n) is 4.46. The van der Waals surface area contributed by atoms with E-state index in [9.17, 15) is 14.4 Å². The third kappa shape index (κ3) is 4.43. The molecule has 1 saturated heterocycles. The van der Waals surface area contributed by atoms with Crippen molar-refractivity contribution >= 4 is 17.8 Å². The van der Waals surface area contributed by atoms with Gasteiger partial charge in [-0.05, 0) is 25.8 Å². The zero-order valence-electron chi connectivity index (χ0n) is 13.0. The molecule has 0 aromatic heterocycles. The number of carboxylic acid groups (broad SMARTS) is 1. The van der Waals surface area contributed by atoms with Crippen LogP contribution in [0, 0.1) is 5.92 Å². The molecule has 1 saturated carbocycles. The Morgan fingerprint density at radius 3 is 2.59 bits per heavy atom. The maximum atomic E-state index is 11.9. The Bertz CT molecular complexity index is 434. The molecule has 7 heteroatoms. The SMILES string of the molecule is CN1CN(CC(=O)OCC2CCCCC2)C(=O)CC1C(=O)O. The fourth-order valence-corrected chi connectivity index (χ4v) is 3.08. The fourth-order valence-electron chi connectivity index (χ4n) is 3.08. The largest absolute Gasteiger partial charge is 0.480 e. The highest BCUT2D eigenvalue weighted by Gasteiger charge is 2.35. The highest BCUT2D eigenvalue weighted by Crippen LogP contribution is 2.23. The lowest BCUT2D eigenvalue weighted by Crippen LogP contribution is -2.55. The number of amides is 1. The van der Waals surface area contributed by atoms with E-state index in [0.29, 0.717) is 12.5 Å². The van der Waals surface area contributed by atoms with Gasteiger partial charge < -0.3 is 14.7 Å². The predicted molar refractivity (Wildman–Crippen MR) is 77.9 cm³/mol. The molecule has 0 aromatic rings. The summed E-state index contributed by atoms with van der Waals surface area (Å²) in [6, 6.07) is -0.818. The molecule has 0 aromatic carbocycles. The molecule has 124 valence electrons. The number of carbonyl (C=O) groups excluding carboxylic acids is 2. The Hall–Kier alpha value is -1.63. The quantitative estimate of drug-likeness (QED) is 0.751. The van der Waals surface area contributed by atoms with Crippen LogP contribution in [0.25, 0.3) is 0 Å². The van der Waals surface area contributed by atoms with Crippen LogP contribution in [0.5, 0.6) is 0 Å². The Morgan fingerprint density at radius 1 is 1.27 bits per heavy atom. The van der Waals surface area contributed by atoms with Crippen molar-refractivity contribution in [3.8, 4) is 0 Å². The molecular formula is C15H24N2O5. The van der Waals surface area contributed by atoms with Gasteiger partial charge in [0.25, 0.3) is 0 Å². The molecular weight excluding hydrogens is 288 g/mol. The molecule has 1 amide bonds. The fraction of sp³-hybridized carbons (Fsp3) is 0.800. The number of nitrogens with zero attached hydrogens (tertiary/aromatic N) is 2. The Kier molecular flexibility index (Phi) is 5.76. The van der Waals surface area contributed by atoms with Gasteiger partial charge in [-0.3, -0.25) is 19.3 Å². The summed E-state index contributed by atoms with van der Waals surface area (Å²) >= 11 is 0. The van der Waals surface area contributed by atoms with Crippen molar-refractivity contribution in [3.05, 3.63) is 0 Å². The van der Waals surface area contributed by atoms with Gasteiger partial charge in [0.15, 0.2) is 0 Å². The summed E-state index contributed by atoms with van der Waals surface area (Å²) in [5.74, 6) is -1.31. The summed E-state index contributed by atoms with van der Waals surface area (Å²) in [7, 11) is 1.63. The molecule has 0 bridgehead atoms. The van der Waals surface area contributed by atoms with E-state index in [4.69, 9.17) is 9.84 Å². The van der Waals surface area contributed by atoms with Gasteiger partial charge in [0, 0.05) is 0 Å². The van der Waals surface area contributed by atoms with Crippen molar-refractivity contribution in [1.29, 1.82) is 0 Å². The summed E-state index contributed by atoms with van der Waals surface area (Å²) in [5.41, 5.74) is 0. The minimum Gasteiger partial charge on any atom is -0.480 e. The van der Waals surface area contributed by atoms with Crippen LogP contribution in [0.15, 0.2) is 0 Å². The van der Waals surface area contributed by atoms with Gasteiger partial charge in [-0.15, -0.1) is 0 Å². The smallest absolute Gasteiger partial charge is 0.325 e. The average molecular weight is 312 g/mol. The molecule has 2 rings (SSSR count). The second-order valence-electron chi connectivity index (χ2n) is 6.24. The van der Waals surface area contributed by atoms with Gasteiger partial charge in [-0.25, -0.2) is 0 Å². The maximum absolute atomic E-state index is 11.9. The number of carboxylic acids is 1. The molecule has 1 N–H and O–H groups in total. The standard InChI is InChI=1S/C15H24N2O5/c1-16-10-17(13(18)7-12(16)15(20)21)8-14(19)22-9-11-5-3-2-4-6-11/h11-12H,2-10H2,1H3,(H,20,21). The minimum atomic E-state index is -1.02. The number of likely N-dealkylation sites (N-methyl/N-ethyl adjacent to an activating group) is 1. The number of ether oxygens (including phenoxy) is 1. The molecule has 2 fully saturated rings. The Balaban J connectivity index is 1.76. The number of esters is 1. The van der Waals surface area contributed by atoms with E-state index < -0.39 is 18.0 Å². The molecule has 7 nitrogen and oxygen atoms in total. The van der Waals surface area contributed by atoms with Crippen molar-refractivity contribution in [1.82, 2.24) is 9.80 Å². The first-order valence-corrected chi connectivity index (χ1v) is 7.84. The van der Waals surface area contributed by atoms with Crippen LogP contribution in [0.2, 0.25) is 0 Å².